The van der Waals surface area contributed by atoms with Crippen molar-refractivity contribution in [2.24, 2.45) is 7.05 Å². The van der Waals surface area contributed by atoms with E-state index in [2.05, 4.69) is 15.7 Å². The van der Waals surface area contributed by atoms with Gasteiger partial charge in [-0.2, -0.15) is 5.10 Å². The van der Waals surface area contributed by atoms with Crippen LogP contribution in [0.2, 0.25) is 0 Å². The Bertz CT molecular complexity index is 862. The molecule has 2 aromatic rings. The second-order valence-electron chi connectivity index (χ2n) is 6.54. The van der Waals surface area contributed by atoms with Gasteiger partial charge in [-0.05, 0) is 18.6 Å². The molecule has 0 saturated carbocycles. The molecule has 1 aromatic heterocycles. The lowest BCUT2D eigenvalue weighted by molar-refractivity contribution is -0.134. The molecule has 2 aliphatic rings. The average molecular weight is 382 g/mol. The molecule has 2 N–H and O–H groups in total. The molecule has 2 fully saturated rings. The first kappa shape index (κ1) is 18.6. The second-order valence-corrected chi connectivity index (χ2v) is 6.54. The zero-order chi connectivity index (χ0) is 17.6. The summed E-state index contributed by atoms with van der Waals surface area (Å²) in [4.78, 5) is 25.5. The van der Waals surface area contributed by atoms with Crippen LogP contribution in [0.4, 0.5) is 10.1 Å². The number of aromatic nitrogens is 2. The monoisotopic (exact) mass is 381 g/mol. The number of fused-ring (bicyclic) bond motifs is 1. The van der Waals surface area contributed by atoms with E-state index in [4.69, 9.17) is 0 Å². The molecule has 0 aliphatic carbocycles. The van der Waals surface area contributed by atoms with Crippen molar-refractivity contribution in [3.05, 3.63) is 23.6 Å². The van der Waals surface area contributed by atoms with Crippen molar-refractivity contribution < 1.29 is 14.0 Å². The van der Waals surface area contributed by atoms with E-state index in [1.54, 1.807) is 13.1 Å². The minimum atomic E-state index is -0.522. The first-order chi connectivity index (χ1) is 12.1. The van der Waals surface area contributed by atoms with Gasteiger partial charge in [0.15, 0.2) is 5.82 Å². The van der Waals surface area contributed by atoms with Gasteiger partial charge in [0.2, 0.25) is 11.8 Å². The Balaban J connectivity index is 0.00000196. The summed E-state index contributed by atoms with van der Waals surface area (Å²) in [6.07, 6.45) is 0.674. The maximum atomic E-state index is 15.2. The molecule has 2 aliphatic heterocycles. The van der Waals surface area contributed by atoms with E-state index in [9.17, 15) is 9.59 Å². The molecule has 7 nitrogen and oxygen atoms in total. The summed E-state index contributed by atoms with van der Waals surface area (Å²) in [5, 5.41) is 10.6. The molecule has 9 heteroatoms. The first-order valence-corrected chi connectivity index (χ1v) is 8.50. The molecule has 1 unspecified atom stereocenters. The van der Waals surface area contributed by atoms with Crippen LogP contribution in [0.1, 0.15) is 24.5 Å². The van der Waals surface area contributed by atoms with Crippen LogP contribution in [0.15, 0.2) is 12.1 Å². The average Bonchev–Trinajstić information content (AvgIpc) is 2.93. The van der Waals surface area contributed by atoms with Crippen LogP contribution < -0.4 is 15.5 Å². The minimum absolute atomic E-state index is 0. The van der Waals surface area contributed by atoms with E-state index >= 15 is 4.39 Å². The predicted octanol–water partition coefficient (Wildman–Crippen LogP) is 1.06. The van der Waals surface area contributed by atoms with Gasteiger partial charge in [-0.15, -0.1) is 12.4 Å². The highest BCUT2D eigenvalue weighted by molar-refractivity contribution is 6.02. The quantitative estimate of drug-likeness (QED) is 0.761. The van der Waals surface area contributed by atoms with E-state index in [1.165, 1.54) is 4.68 Å². The Hall–Kier alpha value is -2.19. The number of benzene rings is 1. The highest BCUT2D eigenvalue weighted by Crippen LogP contribution is 2.34. The zero-order valence-electron chi connectivity index (χ0n) is 14.4. The summed E-state index contributed by atoms with van der Waals surface area (Å²) in [6.45, 7) is 3.15. The number of nitrogens with one attached hydrogen (secondary N) is 2. The lowest BCUT2D eigenvalue weighted by Gasteiger charge is -2.29. The summed E-state index contributed by atoms with van der Waals surface area (Å²) >= 11 is 0. The predicted molar refractivity (Wildman–Crippen MR) is 98.1 cm³/mol. The number of imide groups is 1. The van der Waals surface area contributed by atoms with Gasteiger partial charge >= 0.3 is 0 Å². The third-order valence-corrected chi connectivity index (χ3v) is 4.98. The van der Waals surface area contributed by atoms with Crippen LogP contribution in [0.3, 0.4) is 0 Å². The van der Waals surface area contributed by atoms with Crippen molar-refractivity contribution in [2.75, 3.05) is 31.1 Å². The van der Waals surface area contributed by atoms with E-state index in [-0.39, 0.29) is 36.5 Å². The highest BCUT2D eigenvalue weighted by atomic mass is 35.5. The van der Waals surface area contributed by atoms with Gasteiger partial charge in [0, 0.05) is 45.0 Å². The number of rotatable bonds is 2. The van der Waals surface area contributed by atoms with Gasteiger partial charge in [-0.25, -0.2) is 4.39 Å². The zero-order valence-corrected chi connectivity index (χ0v) is 15.2. The maximum Gasteiger partial charge on any atom is 0.235 e. The molecule has 2 saturated heterocycles. The molecular formula is C17H21ClFN5O2. The Morgan fingerprint density at radius 2 is 1.96 bits per heavy atom. The van der Waals surface area contributed by atoms with Crippen molar-refractivity contribution in [1.29, 1.82) is 0 Å². The van der Waals surface area contributed by atoms with E-state index < -0.39 is 5.92 Å². The summed E-state index contributed by atoms with van der Waals surface area (Å²) in [5.41, 5.74) is 1.50. The third-order valence-electron chi connectivity index (χ3n) is 4.98. The van der Waals surface area contributed by atoms with E-state index in [0.717, 1.165) is 26.2 Å². The lowest BCUT2D eigenvalue weighted by Crippen LogP contribution is -2.43. The summed E-state index contributed by atoms with van der Waals surface area (Å²) in [5.74, 6) is -1.46. The molecule has 3 heterocycles. The van der Waals surface area contributed by atoms with Crippen molar-refractivity contribution >= 4 is 40.8 Å². The molecular weight excluding hydrogens is 361 g/mol. The molecule has 140 valence electrons. The number of aryl methyl sites for hydroxylation is 1. The van der Waals surface area contributed by atoms with Gasteiger partial charge in [-0.1, -0.05) is 0 Å². The Labute approximate surface area is 156 Å². The Morgan fingerprint density at radius 1 is 1.23 bits per heavy atom. The molecule has 0 spiro atoms. The topological polar surface area (TPSA) is 79.3 Å². The number of piperazine rings is 1. The number of carbonyl (C=O) groups excluding carboxylic acids is 2. The van der Waals surface area contributed by atoms with E-state index in [0.29, 0.717) is 28.7 Å². The molecule has 1 aromatic carbocycles. The number of anilines is 1. The third kappa shape index (κ3) is 3.03. The minimum Gasteiger partial charge on any atom is -0.367 e. The van der Waals surface area contributed by atoms with E-state index in [1.807, 2.05) is 11.0 Å². The molecule has 2 amide bonds. The van der Waals surface area contributed by atoms with Crippen molar-refractivity contribution in [3.8, 4) is 0 Å². The van der Waals surface area contributed by atoms with Crippen molar-refractivity contribution in [2.45, 2.75) is 18.8 Å². The number of halogens is 2. The fourth-order valence-corrected chi connectivity index (χ4v) is 3.70. The van der Waals surface area contributed by atoms with Gasteiger partial charge in [0.1, 0.15) is 5.52 Å². The Morgan fingerprint density at radius 3 is 2.65 bits per heavy atom. The fourth-order valence-electron chi connectivity index (χ4n) is 3.70. The van der Waals surface area contributed by atoms with Crippen LogP contribution >= 0.6 is 12.4 Å². The smallest absolute Gasteiger partial charge is 0.235 e. The molecule has 0 bridgehead atoms. The summed E-state index contributed by atoms with van der Waals surface area (Å²) in [7, 11) is 1.68. The van der Waals surface area contributed by atoms with Gasteiger partial charge in [-0.3, -0.25) is 19.6 Å². The first-order valence-electron chi connectivity index (χ1n) is 8.50. The molecule has 26 heavy (non-hydrogen) atoms. The largest absolute Gasteiger partial charge is 0.367 e. The number of nitrogens with zero attached hydrogens (tertiary/aromatic N) is 3. The maximum absolute atomic E-state index is 15.2. The number of piperidine rings is 1. The standard InChI is InChI=1S/C17H20FN5O2.ClH/c1-22-16-10(15(21-22)11-3-5-13(24)20-17(11)25)2-4-12(14(16)18)23-8-6-19-7-9-23;/h2,4,11,19H,3,5-9H2,1H3,(H,20,24,25);1H. The lowest BCUT2D eigenvalue weighted by atomic mass is 9.92. The van der Waals surface area contributed by atoms with Crippen LogP contribution in [-0.2, 0) is 16.6 Å². The van der Waals surface area contributed by atoms with Crippen LogP contribution in [0, 0.1) is 5.82 Å². The summed E-state index contributed by atoms with van der Waals surface area (Å²) in [6, 6.07) is 3.60. The van der Waals surface area contributed by atoms with Gasteiger partial charge in [0.05, 0.1) is 17.3 Å². The van der Waals surface area contributed by atoms with Crippen molar-refractivity contribution in [1.82, 2.24) is 20.4 Å². The molecule has 1 atom stereocenters. The molecule has 0 radical (unpaired) electrons. The summed E-state index contributed by atoms with van der Waals surface area (Å²) < 4.78 is 16.7. The normalized spacial score (nSPS) is 20.8. The number of carbonyl (C=O) groups is 2. The van der Waals surface area contributed by atoms with Gasteiger partial charge in [0.25, 0.3) is 0 Å². The van der Waals surface area contributed by atoms with Crippen LogP contribution in [0.25, 0.3) is 10.9 Å². The number of amides is 2. The molecule has 4 rings (SSSR count). The fraction of sp³-hybridized carbons (Fsp3) is 0.471. The Kier molecular flexibility index (Phi) is 5.15. The van der Waals surface area contributed by atoms with Crippen LogP contribution in [-0.4, -0.2) is 47.8 Å². The number of hydrogen-bond donors (Lipinski definition) is 2. The SMILES string of the molecule is Cl.Cn1nc(C2CCC(=O)NC2=O)c2ccc(N3CCNCC3)c(F)c21. The number of hydrogen-bond acceptors (Lipinski definition) is 5. The van der Waals surface area contributed by atoms with Crippen LogP contribution in [0.5, 0.6) is 0 Å². The highest BCUT2D eigenvalue weighted by Gasteiger charge is 2.32. The van der Waals surface area contributed by atoms with Gasteiger partial charge < -0.3 is 10.2 Å². The second kappa shape index (κ2) is 7.20. The van der Waals surface area contributed by atoms with Crippen molar-refractivity contribution in [3.63, 3.8) is 0 Å².